The highest BCUT2D eigenvalue weighted by Gasteiger charge is 2.22. The van der Waals surface area contributed by atoms with E-state index in [-0.39, 0.29) is 0 Å². The van der Waals surface area contributed by atoms with E-state index in [1.165, 1.54) is 18.4 Å². The summed E-state index contributed by atoms with van der Waals surface area (Å²) >= 11 is 0. The largest absolute Gasteiger partial charge is 0.494 e. The predicted molar refractivity (Wildman–Crippen MR) is 87.7 cm³/mol. The van der Waals surface area contributed by atoms with E-state index < -0.39 is 0 Å². The molecule has 21 heavy (non-hydrogen) atoms. The molecule has 0 amide bonds. The molecule has 4 nitrogen and oxygen atoms in total. The summed E-state index contributed by atoms with van der Waals surface area (Å²) in [6.45, 7) is 4.81. The second-order valence-corrected chi connectivity index (χ2v) is 6.07. The first kappa shape index (κ1) is 16.3. The molecule has 4 heteroatoms. The second-order valence-electron chi connectivity index (χ2n) is 6.07. The Morgan fingerprint density at radius 3 is 2.71 bits per heavy atom. The van der Waals surface area contributed by atoms with E-state index >= 15 is 0 Å². The number of hydrogen-bond donors (Lipinski definition) is 1. The minimum Gasteiger partial charge on any atom is -0.494 e. The van der Waals surface area contributed by atoms with E-state index in [9.17, 15) is 0 Å². The van der Waals surface area contributed by atoms with Crippen molar-refractivity contribution >= 4 is 0 Å². The molecule has 0 aromatic heterocycles. The number of nitrogens with zero attached hydrogens (tertiary/aromatic N) is 2. The Balaban J connectivity index is 1.92. The van der Waals surface area contributed by atoms with Crippen molar-refractivity contribution in [3.63, 3.8) is 0 Å². The van der Waals surface area contributed by atoms with Gasteiger partial charge in [-0.2, -0.15) is 0 Å². The maximum atomic E-state index is 6.00. The van der Waals surface area contributed by atoms with Gasteiger partial charge in [-0.05, 0) is 64.1 Å². The molecular weight excluding hydrogens is 262 g/mol. The molecule has 1 atom stereocenters. The number of benzene rings is 1. The summed E-state index contributed by atoms with van der Waals surface area (Å²) in [6, 6.07) is 8.78. The van der Waals surface area contributed by atoms with Crippen molar-refractivity contribution in [3.8, 4) is 5.75 Å². The normalized spacial score (nSPS) is 17.3. The fraction of sp³-hybridized carbons (Fsp3) is 0.647. The lowest BCUT2D eigenvalue weighted by Gasteiger charge is -2.26. The first-order valence-corrected chi connectivity index (χ1v) is 8.02. The van der Waals surface area contributed by atoms with E-state index in [2.05, 4.69) is 42.1 Å². The van der Waals surface area contributed by atoms with Crippen molar-refractivity contribution in [2.75, 3.05) is 46.9 Å². The summed E-state index contributed by atoms with van der Waals surface area (Å²) in [5, 5.41) is 0. The maximum absolute atomic E-state index is 6.00. The van der Waals surface area contributed by atoms with Crippen molar-refractivity contribution in [1.29, 1.82) is 0 Å². The first-order valence-electron chi connectivity index (χ1n) is 8.02. The van der Waals surface area contributed by atoms with Gasteiger partial charge in [0, 0.05) is 19.1 Å². The summed E-state index contributed by atoms with van der Waals surface area (Å²) in [7, 11) is 4.17. The van der Waals surface area contributed by atoms with E-state index in [0.29, 0.717) is 12.6 Å². The average molecular weight is 291 g/mol. The van der Waals surface area contributed by atoms with Crippen molar-refractivity contribution in [3.05, 3.63) is 29.8 Å². The van der Waals surface area contributed by atoms with Crippen LogP contribution in [-0.2, 0) is 0 Å². The Hall–Kier alpha value is -1.10. The molecule has 118 valence electrons. The topological polar surface area (TPSA) is 41.7 Å². The number of ether oxygens (including phenoxy) is 1. The van der Waals surface area contributed by atoms with Crippen LogP contribution in [-0.4, -0.2) is 56.7 Å². The molecule has 0 bridgehead atoms. The minimum absolute atomic E-state index is 0.331. The summed E-state index contributed by atoms with van der Waals surface area (Å²) < 4.78 is 5.87. The fourth-order valence-electron chi connectivity index (χ4n) is 2.93. The van der Waals surface area contributed by atoms with Crippen LogP contribution in [0.4, 0.5) is 0 Å². The van der Waals surface area contributed by atoms with Gasteiger partial charge in [-0.25, -0.2) is 0 Å². The zero-order valence-corrected chi connectivity index (χ0v) is 13.4. The third-order valence-electron chi connectivity index (χ3n) is 4.07. The molecule has 1 aliphatic rings. The minimum atomic E-state index is 0.331. The standard InChI is InChI=1S/C17H29N3O/c1-19(2)9-6-12-21-16-8-5-7-15(13-16)17(14-18)20-10-3-4-11-20/h5,7-8,13,17H,3-4,6,9-12,14,18H2,1-2H3. The van der Waals surface area contributed by atoms with Gasteiger partial charge in [-0.1, -0.05) is 12.1 Å². The monoisotopic (exact) mass is 291 g/mol. The molecule has 0 aliphatic carbocycles. The summed E-state index contributed by atoms with van der Waals surface area (Å²) in [4.78, 5) is 4.67. The van der Waals surface area contributed by atoms with E-state index in [0.717, 1.165) is 38.4 Å². The van der Waals surface area contributed by atoms with Crippen molar-refractivity contribution < 1.29 is 4.74 Å². The van der Waals surface area contributed by atoms with E-state index in [1.54, 1.807) is 0 Å². The van der Waals surface area contributed by atoms with Gasteiger partial charge in [0.25, 0.3) is 0 Å². The lowest BCUT2D eigenvalue weighted by Crippen LogP contribution is -2.31. The zero-order valence-electron chi connectivity index (χ0n) is 13.4. The number of likely N-dealkylation sites (tertiary alicyclic amines) is 1. The van der Waals surface area contributed by atoms with Gasteiger partial charge < -0.3 is 15.4 Å². The van der Waals surface area contributed by atoms with Gasteiger partial charge in [0.1, 0.15) is 5.75 Å². The molecule has 0 radical (unpaired) electrons. The molecule has 2 rings (SSSR count). The molecule has 1 heterocycles. The smallest absolute Gasteiger partial charge is 0.119 e. The summed E-state index contributed by atoms with van der Waals surface area (Å²) in [5.74, 6) is 0.962. The van der Waals surface area contributed by atoms with Crippen LogP contribution in [0.3, 0.4) is 0 Å². The SMILES string of the molecule is CN(C)CCCOc1cccc(C(CN)N2CCCC2)c1. The molecule has 0 spiro atoms. The number of hydrogen-bond acceptors (Lipinski definition) is 4. The van der Waals surface area contributed by atoms with Gasteiger partial charge >= 0.3 is 0 Å². The van der Waals surface area contributed by atoms with Crippen LogP contribution in [0.25, 0.3) is 0 Å². The van der Waals surface area contributed by atoms with Gasteiger partial charge in [0.05, 0.1) is 6.61 Å². The van der Waals surface area contributed by atoms with Crippen molar-refractivity contribution in [1.82, 2.24) is 9.80 Å². The molecule has 1 unspecified atom stereocenters. The van der Waals surface area contributed by atoms with Crippen LogP contribution in [0.2, 0.25) is 0 Å². The van der Waals surface area contributed by atoms with Crippen molar-refractivity contribution in [2.45, 2.75) is 25.3 Å². The highest BCUT2D eigenvalue weighted by molar-refractivity contribution is 5.31. The molecule has 1 saturated heterocycles. The Morgan fingerprint density at radius 2 is 2.05 bits per heavy atom. The van der Waals surface area contributed by atoms with Crippen LogP contribution in [0.1, 0.15) is 30.9 Å². The summed E-state index contributed by atoms with van der Waals surface area (Å²) in [6.07, 6.45) is 3.62. The molecule has 1 fully saturated rings. The molecule has 1 aromatic carbocycles. The van der Waals surface area contributed by atoms with Gasteiger partial charge in [-0.3, -0.25) is 4.90 Å². The number of nitrogens with two attached hydrogens (primary N) is 1. The van der Waals surface area contributed by atoms with Gasteiger partial charge in [0.15, 0.2) is 0 Å². The first-order chi connectivity index (χ1) is 10.2. The van der Waals surface area contributed by atoms with Gasteiger partial charge in [-0.15, -0.1) is 0 Å². The predicted octanol–water partition coefficient (Wildman–Crippen LogP) is 2.11. The van der Waals surface area contributed by atoms with Crippen LogP contribution in [0.15, 0.2) is 24.3 Å². The van der Waals surface area contributed by atoms with Crippen molar-refractivity contribution in [2.24, 2.45) is 5.73 Å². The molecule has 1 aromatic rings. The van der Waals surface area contributed by atoms with Crippen LogP contribution in [0, 0.1) is 0 Å². The molecular formula is C17H29N3O. The molecule has 2 N–H and O–H groups in total. The van der Waals surface area contributed by atoms with Crippen LogP contribution < -0.4 is 10.5 Å². The Labute approximate surface area is 128 Å². The number of rotatable bonds is 8. The average Bonchev–Trinajstić information content (AvgIpc) is 2.99. The Kier molecular flexibility index (Phi) is 6.49. The third kappa shape index (κ3) is 4.99. The second kappa shape index (κ2) is 8.37. The maximum Gasteiger partial charge on any atom is 0.119 e. The Bertz CT molecular complexity index is 416. The lowest BCUT2D eigenvalue weighted by atomic mass is 10.1. The molecule has 1 aliphatic heterocycles. The highest BCUT2D eigenvalue weighted by Crippen LogP contribution is 2.26. The van der Waals surface area contributed by atoms with E-state index in [1.807, 2.05) is 6.07 Å². The quantitative estimate of drug-likeness (QED) is 0.745. The highest BCUT2D eigenvalue weighted by atomic mass is 16.5. The summed E-state index contributed by atoms with van der Waals surface area (Å²) in [5.41, 5.74) is 7.28. The molecule has 0 saturated carbocycles. The third-order valence-corrected chi connectivity index (χ3v) is 4.07. The van der Waals surface area contributed by atoms with Gasteiger partial charge in [0.2, 0.25) is 0 Å². The van der Waals surface area contributed by atoms with Crippen LogP contribution >= 0.6 is 0 Å². The fourth-order valence-corrected chi connectivity index (χ4v) is 2.93. The van der Waals surface area contributed by atoms with E-state index in [4.69, 9.17) is 10.5 Å². The Morgan fingerprint density at radius 1 is 1.29 bits per heavy atom. The zero-order chi connectivity index (χ0) is 15.1. The lowest BCUT2D eigenvalue weighted by molar-refractivity contribution is 0.249. The van der Waals surface area contributed by atoms with Crippen LogP contribution in [0.5, 0.6) is 5.75 Å².